The van der Waals surface area contributed by atoms with Crippen molar-refractivity contribution in [3.05, 3.63) is 41.8 Å². The first-order valence-electron chi connectivity index (χ1n) is 9.86. The number of hydrogen-bond donors (Lipinski definition) is 2. The fourth-order valence-corrected chi connectivity index (χ4v) is 2.63. The third-order valence-electron chi connectivity index (χ3n) is 4.40. The van der Waals surface area contributed by atoms with Crippen LogP contribution < -0.4 is 10.6 Å². The Labute approximate surface area is 184 Å². The van der Waals surface area contributed by atoms with E-state index in [1.54, 1.807) is 6.26 Å². The van der Waals surface area contributed by atoms with E-state index in [9.17, 15) is 0 Å². The molecule has 154 valence electrons. The second-order valence-electron chi connectivity index (χ2n) is 7.00. The molecule has 6 nitrogen and oxygen atoms in total. The maximum Gasteiger partial charge on any atom is 0.226 e. The van der Waals surface area contributed by atoms with Gasteiger partial charge in [0.15, 0.2) is 5.96 Å². The number of nitrogens with zero attached hydrogens (tertiary/aromatic N) is 2. The third kappa shape index (κ3) is 7.79. The maximum atomic E-state index is 5.66. The number of aliphatic imine (C=N–C) groups is 1. The second kappa shape index (κ2) is 12.1. The lowest BCUT2D eigenvalue weighted by molar-refractivity contribution is 0.123. The monoisotopic (exact) mass is 498 g/mol. The lowest BCUT2D eigenvalue weighted by Gasteiger charge is -2.11. The summed E-state index contributed by atoms with van der Waals surface area (Å²) in [6.07, 6.45) is 5.32. The van der Waals surface area contributed by atoms with Crippen LogP contribution in [0.5, 0.6) is 0 Å². The SMILES string of the molecule is CCNC(=NCc1coc(-c2ccc(C)cc2)n1)NCCCOCC1CC1.I. The normalized spacial score (nSPS) is 13.9. The van der Waals surface area contributed by atoms with Gasteiger partial charge < -0.3 is 19.8 Å². The summed E-state index contributed by atoms with van der Waals surface area (Å²) in [5.74, 6) is 2.25. The Morgan fingerprint density at radius 3 is 2.75 bits per heavy atom. The molecule has 28 heavy (non-hydrogen) atoms. The van der Waals surface area contributed by atoms with Crippen molar-refractivity contribution >= 4 is 29.9 Å². The van der Waals surface area contributed by atoms with Gasteiger partial charge in [0.25, 0.3) is 0 Å². The van der Waals surface area contributed by atoms with Crippen LogP contribution in [0.2, 0.25) is 0 Å². The number of benzene rings is 1. The van der Waals surface area contributed by atoms with Crippen molar-refractivity contribution in [2.24, 2.45) is 10.9 Å². The number of aromatic nitrogens is 1. The van der Waals surface area contributed by atoms with Crippen molar-refractivity contribution in [1.82, 2.24) is 15.6 Å². The van der Waals surface area contributed by atoms with Gasteiger partial charge in [0.1, 0.15) is 12.0 Å². The zero-order valence-corrected chi connectivity index (χ0v) is 19.1. The van der Waals surface area contributed by atoms with Gasteiger partial charge in [-0.15, -0.1) is 24.0 Å². The topological polar surface area (TPSA) is 71.7 Å². The van der Waals surface area contributed by atoms with Crippen molar-refractivity contribution in [2.75, 3.05) is 26.3 Å². The predicted molar refractivity (Wildman–Crippen MR) is 123 cm³/mol. The van der Waals surface area contributed by atoms with E-state index in [0.29, 0.717) is 12.4 Å². The van der Waals surface area contributed by atoms with Gasteiger partial charge in [0, 0.05) is 31.9 Å². The summed E-state index contributed by atoms with van der Waals surface area (Å²) in [7, 11) is 0. The molecule has 1 aliphatic carbocycles. The van der Waals surface area contributed by atoms with E-state index in [4.69, 9.17) is 9.15 Å². The van der Waals surface area contributed by atoms with Crippen LogP contribution in [0, 0.1) is 12.8 Å². The standard InChI is InChI=1S/C21H30N4O2.HI/c1-3-22-21(23-11-4-12-26-14-17-7-8-17)24-13-19-15-27-20(25-19)18-9-5-16(2)6-10-18;/h5-6,9-10,15,17H,3-4,7-8,11-14H2,1-2H3,(H2,22,23,24);1H. The fourth-order valence-electron chi connectivity index (χ4n) is 2.63. The summed E-state index contributed by atoms with van der Waals surface area (Å²) in [5.41, 5.74) is 3.01. The highest BCUT2D eigenvalue weighted by atomic mass is 127. The molecule has 1 saturated carbocycles. The first-order chi connectivity index (χ1) is 13.2. The molecule has 0 atom stereocenters. The molecular formula is C21H31IN4O2. The van der Waals surface area contributed by atoms with Crippen molar-refractivity contribution < 1.29 is 9.15 Å². The summed E-state index contributed by atoms with van der Waals surface area (Å²) < 4.78 is 11.3. The number of guanidine groups is 1. The summed E-state index contributed by atoms with van der Waals surface area (Å²) in [6, 6.07) is 8.15. The Hall–Kier alpha value is -1.61. The van der Waals surface area contributed by atoms with Crippen LogP contribution in [0.4, 0.5) is 0 Å². The van der Waals surface area contributed by atoms with Gasteiger partial charge in [-0.2, -0.15) is 0 Å². The molecule has 0 radical (unpaired) electrons. The number of aryl methyl sites for hydroxylation is 1. The molecule has 0 amide bonds. The van der Waals surface area contributed by atoms with Crippen LogP contribution in [0.25, 0.3) is 11.5 Å². The van der Waals surface area contributed by atoms with E-state index < -0.39 is 0 Å². The number of halogens is 1. The molecule has 0 spiro atoms. The molecule has 0 saturated heterocycles. The van der Waals surface area contributed by atoms with E-state index in [1.165, 1.54) is 18.4 Å². The average Bonchev–Trinajstić information content (AvgIpc) is 3.38. The van der Waals surface area contributed by atoms with E-state index in [-0.39, 0.29) is 24.0 Å². The number of oxazole rings is 1. The lowest BCUT2D eigenvalue weighted by atomic mass is 10.1. The quantitative estimate of drug-likeness (QED) is 0.223. The smallest absolute Gasteiger partial charge is 0.226 e. The Morgan fingerprint density at radius 2 is 2.04 bits per heavy atom. The highest BCUT2D eigenvalue weighted by Crippen LogP contribution is 2.28. The minimum absolute atomic E-state index is 0. The Bertz CT molecular complexity index is 726. The number of ether oxygens (including phenoxy) is 1. The molecule has 7 heteroatoms. The zero-order chi connectivity index (χ0) is 18.9. The van der Waals surface area contributed by atoms with Crippen LogP contribution >= 0.6 is 24.0 Å². The number of nitrogens with one attached hydrogen (secondary N) is 2. The highest BCUT2D eigenvalue weighted by molar-refractivity contribution is 14.0. The fraction of sp³-hybridized carbons (Fsp3) is 0.524. The first-order valence-corrected chi connectivity index (χ1v) is 9.86. The van der Waals surface area contributed by atoms with E-state index >= 15 is 0 Å². The average molecular weight is 498 g/mol. The molecule has 2 aromatic rings. The van der Waals surface area contributed by atoms with Gasteiger partial charge in [-0.3, -0.25) is 0 Å². The zero-order valence-electron chi connectivity index (χ0n) is 16.7. The molecular weight excluding hydrogens is 467 g/mol. The molecule has 0 aliphatic heterocycles. The maximum absolute atomic E-state index is 5.66. The molecule has 2 N–H and O–H groups in total. The highest BCUT2D eigenvalue weighted by Gasteiger charge is 2.20. The van der Waals surface area contributed by atoms with Gasteiger partial charge in [-0.25, -0.2) is 9.98 Å². The summed E-state index contributed by atoms with van der Waals surface area (Å²) >= 11 is 0. The van der Waals surface area contributed by atoms with Crippen molar-refractivity contribution in [1.29, 1.82) is 0 Å². The Kier molecular flexibility index (Phi) is 9.77. The van der Waals surface area contributed by atoms with E-state index in [0.717, 1.165) is 55.9 Å². The Balaban J connectivity index is 0.00000280. The van der Waals surface area contributed by atoms with E-state index in [1.807, 2.05) is 12.1 Å². The summed E-state index contributed by atoms with van der Waals surface area (Å²) in [6.45, 7) is 7.97. The van der Waals surface area contributed by atoms with Crippen LogP contribution in [-0.4, -0.2) is 37.2 Å². The molecule has 3 rings (SSSR count). The summed E-state index contributed by atoms with van der Waals surface area (Å²) in [4.78, 5) is 9.13. The van der Waals surface area contributed by atoms with Gasteiger partial charge in [-0.05, 0) is 51.2 Å². The van der Waals surface area contributed by atoms with Gasteiger partial charge in [0.05, 0.1) is 6.54 Å². The van der Waals surface area contributed by atoms with E-state index in [2.05, 4.69) is 46.6 Å². The second-order valence-corrected chi connectivity index (χ2v) is 7.00. The van der Waals surface area contributed by atoms with Gasteiger partial charge >= 0.3 is 0 Å². The first kappa shape index (κ1) is 22.7. The van der Waals surface area contributed by atoms with Crippen molar-refractivity contribution in [2.45, 2.75) is 39.7 Å². The minimum Gasteiger partial charge on any atom is -0.444 e. The predicted octanol–water partition coefficient (Wildman–Crippen LogP) is 4.14. The molecule has 1 aromatic carbocycles. The number of rotatable bonds is 10. The minimum atomic E-state index is 0. The molecule has 1 aromatic heterocycles. The van der Waals surface area contributed by atoms with Crippen LogP contribution in [-0.2, 0) is 11.3 Å². The molecule has 0 unspecified atom stereocenters. The third-order valence-corrected chi connectivity index (χ3v) is 4.40. The van der Waals surface area contributed by atoms with Crippen LogP contribution in [0.15, 0.2) is 39.9 Å². The number of hydrogen-bond acceptors (Lipinski definition) is 4. The van der Waals surface area contributed by atoms with Crippen LogP contribution in [0.3, 0.4) is 0 Å². The molecule has 1 fully saturated rings. The molecule has 1 heterocycles. The molecule has 0 bridgehead atoms. The Morgan fingerprint density at radius 1 is 1.25 bits per heavy atom. The van der Waals surface area contributed by atoms with Crippen LogP contribution in [0.1, 0.15) is 37.4 Å². The molecule has 1 aliphatic rings. The summed E-state index contributed by atoms with van der Waals surface area (Å²) in [5, 5.41) is 6.60. The van der Waals surface area contributed by atoms with Gasteiger partial charge in [-0.1, -0.05) is 17.7 Å². The van der Waals surface area contributed by atoms with Crippen molar-refractivity contribution in [3.8, 4) is 11.5 Å². The van der Waals surface area contributed by atoms with Gasteiger partial charge in [0.2, 0.25) is 5.89 Å². The largest absolute Gasteiger partial charge is 0.444 e. The van der Waals surface area contributed by atoms with Crippen molar-refractivity contribution in [3.63, 3.8) is 0 Å². The lowest BCUT2D eigenvalue weighted by Crippen LogP contribution is -2.38.